The summed E-state index contributed by atoms with van der Waals surface area (Å²) in [6.45, 7) is 4.75. The fourth-order valence-electron chi connectivity index (χ4n) is 6.30. The Kier molecular flexibility index (Phi) is 8.09. The second-order valence-corrected chi connectivity index (χ2v) is 13.2. The summed E-state index contributed by atoms with van der Waals surface area (Å²) >= 11 is 1.66. The maximum atomic E-state index is 13.9. The van der Waals surface area contributed by atoms with Crippen LogP contribution in [0.3, 0.4) is 0 Å². The van der Waals surface area contributed by atoms with Crippen molar-refractivity contribution < 1.29 is 14.4 Å². The normalized spacial score (nSPS) is 22.4. The van der Waals surface area contributed by atoms with Crippen molar-refractivity contribution in [2.45, 2.75) is 69.4 Å². The summed E-state index contributed by atoms with van der Waals surface area (Å²) in [5.74, 6) is -0.218. The minimum atomic E-state index is -0.782. The number of nitrogens with one attached hydrogen (secondary N) is 2. The molecular weight excluding hydrogens is 552 g/mol. The number of thiazole rings is 1. The van der Waals surface area contributed by atoms with E-state index in [0.717, 1.165) is 47.2 Å². The van der Waals surface area contributed by atoms with Crippen LogP contribution in [0.15, 0.2) is 36.5 Å². The number of hydrogen-bond donors (Lipinski definition) is 2. The van der Waals surface area contributed by atoms with Gasteiger partial charge in [-0.05, 0) is 51.8 Å². The van der Waals surface area contributed by atoms with E-state index in [9.17, 15) is 14.4 Å². The standard InChI is InChI=1S/C30H38N8O3S/c1-20-24-17-26(39)33-30(10-14-36(2)15-11-30)18-27(40)31-25(16-22-19-38(35-34-22)23-6-4-3-5-7-23)29(41)37-12-8-21(9-13-37)28(32-24)42-20/h3-7,19,21,25H,8-18H2,1-2H3,(H,31,40)(H,33,39)/t25-/m1/s1. The molecule has 42 heavy (non-hydrogen) atoms. The number of amides is 3. The molecule has 0 unspecified atom stereocenters. The SMILES string of the molecule is Cc1sc2nc1CC(=O)NC1(CCN(C)CC1)CC(=O)N[C@H](Cc1cn(-c3ccccc3)nn1)C(=O)N1CCC2CC1. The van der Waals surface area contributed by atoms with E-state index < -0.39 is 11.6 Å². The van der Waals surface area contributed by atoms with Crippen molar-refractivity contribution >= 4 is 29.1 Å². The van der Waals surface area contributed by atoms with Gasteiger partial charge in [-0.1, -0.05) is 23.4 Å². The second-order valence-electron chi connectivity index (χ2n) is 12.0. The Labute approximate surface area is 249 Å². The van der Waals surface area contributed by atoms with Crippen molar-refractivity contribution in [2.75, 3.05) is 33.2 Å². The molecule has 7 rings (SSSR count). The summed E-state index contributed by atoms with van der Waals surface area (Å²) < 4.78 is 1.68. The van der Waals surface area contributed by atoms with Crippen LogP contribution in [0, 0.1) is 6.92 Å². The molecule has 2 aromatic heterocycles. The van der Waals surface area contributed by atoms with Crippen molar-refractivity contribution in [3.05, 3.63) is 57.8 Å². The van der Waals surface area contributed by atoms with Crippen molar-refractivity contribution in [3.8, 4) is 5.69 Å². The van der Waals surface area contributed by atoms with Crippen molar-refractivity contribution in [2.24, 2.45) is 0 Å². The first-order valence-electron chi connectivity index (χ1n) is 14.8. The van der Waals surface area contributed by atoms with Gasteiger partial charge in [-0.15, -0.1) is 16.4 Å². The molecule has 222 valence electrons. The van der Waals surface area contributed by atoms with Crippen LogP contribution >= 0.6 is 11.3 Å². The Hall–Kier alpha value is -3.64. The number of carbonyl (C=O) groups excluding carboxylic acids is 3. The topological polar surface area (TPSA) is 125 Å². The highest BCUT2D eigenvalue weighted by molar-refractivity contribution is 7.11. The number of benzene rings is 1. The molecule has 1 spiro atoms. The number of para-hydroxylation sites is 1. The van der Waals surface area contributed by atoms with Crippen LogP contribution in [0.5, 0.6) is 0 Å². The molecule has 11 nitrogen and oxygen atoms in total. The van der Waals surface area contributed by atoms with Gasteiger partial charge in [-0.2, -0.15) is 0 Å². The Bertz CT molecular complexity index is 1440. The molecule has 2 saturated heterocycles. The summed E-state index contributed by atoms with van der Waals surface area (Å²) in [7, 11) is 2.05. The van der Waals surface area contributed by atoms with Gasteiger partial charge in [0, 0.05) is 49.8 Å². The molecule has 4 aliphatic rings. The smallest absolute Gasteiger partial charge is 0.245 e. The lowest BCUT2D eigenvalue weighted by atomic mass is 9.83. The highest BCUT2D eigenvalue weighted by Gasteiger charge is 2.39. The highest BCUT2D eigenvalue weighted by atomic mass is 32.1. The minimum Gasteiger partial charge on any atom is -0.350 e. The second kappa shape index (κ2) is 11.9. The maximum Gasteiger partial charge on any atom is 0.245 e. The Morgan fingerprint density at radius 3 is 2.50 bits per heavy atom. The summed E-state index contributed by atoms with van der Waals surface area (Å²) in [5.41, 5.74) is 1.62. The highest BCUT2D eigenvalue weighted by Crippen LogP contribution is 2.33. The Morgan fingerprint density at radius 2 is 1.76 bits per heavy atom. The van der Waals surface area contributed by atoms with Gasteiger partial charge in [-0.25, -0.2) is 9.67 Å². The largest absolute Gasteiger partial charge is 0.350 e. The van der Waals surface area contributed by atoms with E-state index in [1.165, 1.54) is 0 Å². The lowest BCUT2D eigenvalue weighted by molar-refractivity contribution is -0.138. The third-order valence-electron chi connectivity index (χ3n) is 8.85. The predicted octanol–water partition coefficient (Wildman–Crippen LogP) is 1.99. The van der Waals surface area contributed by atoms with E-state index in [0.29, 0.717) is 31.6 Å². The van der Waals surface area contributed by atoms with Crippen molar-refractivity contribution in [1.82, 2.24) is 40.4 Å². The van der Waals surface area contributed by atoms with Crippen molar-refractivity contribution in [1.29, 1.82) is 0 Å². The molecule has 4 bridgehead atoms. The molecule has 2 fully saturated rings. The van der Waals surface area contributed by atoms with Gasteiger partial charge in [0.15, 0.2) is 0 Å². The number of hydrogen-bond acceptors (Lipinski definition) is 8. The first kappa shape index (κ1) is 28.5. The van der Waals surface area contributed by atoms with Gasteiger partial charge in [0.25, 0.3) is 0 Å². The van der Waals surface area contributed by atoms with Gasteiger partial charge < -0.3 is 20.4 Å². The number of rotatable bonds is 3. The molecule has 12 heteroatoms. The zero-order valence-electron chi connectivity index (χ0n) is 24.2. The van der Waals surface area contributed by atoms with Gasteiger partial charge in [0.05, 0.1) is 40.2 Å². The monoisotopic (exact) mass is 590 g/mol. The number of likely N-dealkylation sites (tertiary alicyclic amines) is 1. The zero-order chi connectivity index (χ0) is 29.3. The third-order valence-corrected chi connectivity index (χ3v) is 10.0. The average molecular weight is 591 g/mol. The Morgan fingerprint density at radius 1 is 1.02 bits per heavy atom. The molecule has 3 amide bonds. The van der Waals surface area contributed by atoms with Gasteiger partial charge in [0.1, 0.15) is 6.04 Å². The molecule has 2 N–H and O–H groups in total. The van der Waals surface area contributed by atoms with E-state index in [-0.39, 0.29) is 42.9 Å². The van der Waals surface area contributed by atoms with Crippen LogP contribution in [0.1, 0.15) is 59.3 Å². The summed E-state index contributed by atoms with van der Waals surface area (Å²) in [4.78, 5) is 51.0. The van der Waals surface area contributed by atoms with E-state index in [1.807, 2.05) is 49.2 Å². The Balaban J connectivity index is 1.29. The van der Waals surface area contributed by atoms with E-state index in [2.05, 4.69) is 25.8 Å². The molecule has 0 radical (unpaired) electrons. The number of nitrogens with zero attached hydrogens (tertiary/aromatic N) is 6. The quantitative estimate of drug-likeness (QED) is 0.478. The lowest BCUT2D eigenvalue weighted by Gasteiger charge is -2.41. The van der Waals surface area contributed by atoms with Crippen LogP contribution in [-0.4, -0.2) is 92.3 Å². The molecule has 1 aromatic carbocycles. The number of piperidine rings is 2. The molecule has 6 heterocycles. The first-order chi connectivity index (χ1) is 20.3. The van der Waals surface area contributed by atoms with E-state index >= 15 is 0 Å². The summed E-state index contributed by atoms with van der Waals surface area (Å²) in [6, 6.07) is 8.88. The van der Waals surface area contributed by atoms with Gasteiger partial charge in [-0.3, -0.25) is 14.4 Å². The fourth-order valence-corrected chi connectivity index (χ4v) is 7.41. The molecule has 0 aliphatic carbocycles. The first-order valence-corrected chi connectivity index (χ1v) is 15.6. The third kappa shape index (κ3) is 6.24. The van der Waals surface area contributed by atoms with E-state index in [4.69, 9.17) is 4.98 Å². The van der Waals surface area contributed by atoms with Crippen LogP contribution in [-0.2, 0) is 27.2 Å². The van der Waals surface area contributed by atoms with Crippen LogP contribution in [0.2, 0.25) is 0 Å². The minimum absolute atomic E-state index is 0.108. The average Bonchev–Trinajstić information content (AvgIpc) is 3.60. The van der Waals surface area contributed by atoms with Crippen LogP contribution < -0.4 is 10.6 Å². The summed E-state index contributed by atoms with van der Waals surface area (Å²) in [5, 5.41) is 15.9. The molecule has 3 aromatic rings. The van der Waals surface area contributed by atoms with Crippen LogP contribution in [0.4, 0.5) is 0 Å². The van der Waals surface area contributed by atoms with E-state index in [1.54, 1.807) is 22.2 Å². The number of fused-ring (bicyclic) bond motifs is 8. The predicted molar refractivity (Wildman–Crippen MR) is 158 cm³/mol. The zero-order valence-corrected chi connectivity index (χ0v) is 25.0. The van der Waals surface area contributed by atoms with Gasteiger partial charge >= 0.3 is 0 Å². The molecule has 1 atom stereocenters. The maximum absolute atomic E-state index is 13.9. The molecule has 0 saturated carbocycles. The summed E-state index contributed by atoms with van der Waals surface area (Å²) in [6.07, 6.45) is 5.26. The number of carbonyl (C=O) groups is 3. The molecular formula is C30H38N8O3S. The van der Waals surface area contributed by atoms with Crippen LogP contribution in [0.25, 0.3) is 5.69 Å². The fraction of sp³-hybridized carbons (Fsp3) is 0.533. The molecule has 4 aliphatic heterocycles. The van der Waals surface area contributed by atoms with Gasteiger partial charge in [0.2, 0.25) is 17.7 Å². The lowest BCUT2D eigenvalue weighted by Crippen LogP contribution is -2.58. The van der Waals surface area contributed by atoms with Crippen molar-refractivity contribution in [3.63, 3.8) is 0 Å². The number of aryl methyl sites for hydroxylation is 1. The number of aromatic nitrogens is 4.